The van der Waals surface area contributed by atoms with Crippen molar-refractivity contribution in [3.63, 3.8) is 0 Å². The van der Waals surface area contributed by atoms with Gasteiger partial charge in [-0.05, 0) is 62.4 Å². The number of halogens is 1. The Morgan fingerprint density at radius 1 is 0.867 bits per heavy atom. The first-order chi connectivity index (χ1) is 6.86. The van der Waals surface area contributed by atoms with Crippen LogP contribution in [-0.2, 0) is 10.3 Å². The van der Waals surface area contributed by atoms with Gasteiger partial charge in [-0.3, -0.25) is 0 Å². The molecule has 4 heteroatoms. The summed E-state index contributed by atoms with van der Waals surface area (Å²) in [5.41, 5.74) is 5.58. The number of rotatable bonds is 2. The molecule has 2 nitrogen and oxygen atoms in total. The first-order valence-corrected chi connectivity index (χ1v) is 6.59. The third kappa shape index (κ3) is 2.34. The van der Waals surface area contributed by atoms with Gasteiger partial charge >= 0.3 is 10.3 Å². The Kier molecular flexibility index (Phi) is 3.79. The molecule has 0 aliphatic heterocycles. The fraction of sp³-hybridized carbons (Fsp3) is 0.455. The quantitative estimate of drug-likeness (QED) is 0.748. The molecular weight excluding hydrogens is 232 g/mol. The van der Waals surface area contributed by atoms with Gasteiger partial charge in [-0.1, -0.05) is 0 Å². The van der Waals surface area contributed by atoms with Crippen LogP contribution in [0, 0.1) is 34.6 Å². The molecule has 84 valence electrons. The van der Waals surface area contributed by atoms with Crippen LogP contribution >= 0.6 is 10.7 Å². The van der Waals surface area contributed by atoms with Gasteiger partial charge in [-0.15, -0.1) is 0 Å². The molecule has 1 rings (SSSR count). The van der Waals surface area contributed by atoms with Crippen molar-refractivity contribution in [1.29, 1.82) is 0 Å². The molecule has 0 aliphatic carbocycles. The molecule has 0 aliphatic rings. The van der Waals surface area contributed by atoms with Gasteiger partial charge in [0.1, 0.15) is 5.75 Å². The summed E-state index contributed by atoms with van der Waals surface area (Å²) in [6.07, 6.45) is 0. The van der Waals surface area contributed by atoms with Crippen LogP contribution in [-0.4, -0.2) is 4.21 Å². The second-order valence-electron chi connectivity index (χ2n) is 3.73. The Morgan fingerprint density at radius 3 is 1.53 bits per heavy atom. The summed E-state index contributed by atoms with van der Waals surface area (Å²) in [7, 11) is 3.56. The number of benzene rings is 1. The second kappa shape index (κ2) is 4.54. The molecular formula is C11H15ClO2S. The predicted molar refractivity (Wildman–Crippen MR) is 64.8 cm³/mol. The minimum absolute atomic E-state index is 0.643. The van der Waals surface area contributed by atoms with Crippen molar-refractivity contribution < 1.29 is 8.39 Å². The Bertz CT molecular complexity index is 398. The van der Waals surface area contributed by atoms with Gasteiger partial charge < -0.3 is 4.18 Å². The van der Waals surface area contributed by atoms with E-state index >= 15 is 0 Å². The van der Waals surface area contributed by atoms with Crippen LogP contribution in [0.2, 0.25) is 0 Å². The lowest BCUT2D eigenvalue weighted by Crippen LogP contribution is -2.02. The second-order valence-corrected chi connectivity index (χ2v) is 5.04. The van der Waals surface area contributed by atoms with E-state index in [0.29, 0.717) is 5.75 Å². The van der Waals surface area contributed by atoms with Crippen LogP contribution in [0.25, 0.3) is 0 Å². The third-order valence-corrected chi connectivity index (χ3v) is 3.57. The van der Waals surface area contributed by atoms with E-state index in [1.54, 1.807) is 0 Å². The lowest BCUT2D eigenvalue weighted by molar-refractivity contribution is 0.568. The molecule has 0 heterocycles. The standard InChI is InChI=1S/C11H15ClO2S/c1-6-7(2)9(4)11(14-15(12)13)10(5)8(6)3/h1-5H3. The molecule has 0 N–H and O–H groups in total. The lowest BCUT2D eigenvalue weighted by atomic mass is 9.94. The molecule has 0 saturated carbocycles. The Balaban J connectivity index is 3.45. The van der Waals surface area contributed by atoms with Gasteiger partial charge in [0.25, 0.3) is 0 Å². The largest absolute Gasteiger partial charge is 0.388 e. The van der Waals surface area contributed by atoms with E-state index in [4.69, 9.17) is 14.9 Å². The lowest BCUT2D eigenvalue weighted by Gasteiger charge is -2.16. The van der Waals surface area contributed by atoms with E-state index in [0.717, 1.165) is 22.3 Å². The molecule has 1 atom stereocenters. The average molecular weight is 247 g/mol. The average Bonchev–Trinajstić information content (AvgIpc) is 2.18. The van der Waals surface area contributed by atoms with Gasteiger partial charge in [0.2, 0.25) is 0 Å². The molecule has 15 heavy (non-hydrogen) atoms. The van der Waals surface area contributed by atoms with E-state index < -0.39 is 10.3 Å². The summed E-state index contributed by atoms with van der Waals surface area (Å²) in [6, 6.07) is 0. The van der Waals surface area contributed by atoms with Crippen molar-refractivity contribution in [1.82, 2.24) is 0 Å². The molecule has 0 bridgehead atoms. The zero-order valence-electron chi connectivity index (χ0n) is 9.60. The van der Waals surface area contributed by atoms with Crippen molar-refractivity contribution in [2.45, 2.75) is 34.6 Å². The highest BCUT2D eigenvalue weighted by atomic mass is 35.7. The van der Waals surface area contributed by atoms with E-state index in [2.05, 4.69) is 6.92 Å². The van der Waals surface area contributed by atoms with Crippen LogP contribution in [0.3, 0.4) is 0 Å². The molecule has 1 aromatic rings. The van der Waals surface area contributed by atoms with Crippen molar-refractivity contribution in [2.24, 2.45) is 0 Å². The normalized spacial score (nSPS) is 12.7. The summed E-state index contributed by atoms with van der Waals surface area (Å²) >= 11 is 0. The molecule has 0 amide bonds. The van der Waals surface area contributed by atoms with Gasteiger partial charge in [0.05, 0.1) is 0 Å². The van der Waals surface area contributed by atoms with Crippen LogP contribution in [0.1, 0.15) is 27.8 Å². The topological polar surface area (TPSA) is 26.3 Å². The zero-order valence-corrected chi connectivity index (χ0v) is 11.2. The van der Waals surface area contributed by atoms with Gasteiger partial charge in [0, 0.05) is 10.7 Å². The minimum atomic E-state index is -1.79. The Hall–Kier alpha value is -0.540. The van der Waals surface area contributed by atoms with Crippen LogP contribution < -0.4 is 4.18 Å². The van der Waals surface area contributed by atoms with Gasteiger partial charge in [0.15, 0.2) is 0 Å². The molecule has 0 spiro atoms. The predicted octanol–water partition coefficient (Wildman–Crippen LogP) is 3.43. The maximum absolute atomic E-state index is 10.9. The summed E-state index contributed by atoms with van der Waals surface area (Å²) in [6.45, 7) is 10.0. The van der Waals surface area contributed by atoms with Gasteiger partial charge in [-0.25, -0.2) is 0 Å². The Labute approximate surface area is 97.8 Å². The highest BCUT2D eigenvalue weighted by Crippen LogP contribution is 2.32. The maximum atomic E-state index is 10.9. The summed E-state index contributed by atoms with van der Waals surface area (Å²) < 4.78 is 16.0. The van der Waals surface area contributed by atoms with Crippen molar-refractivity contribution in [3.05, 3.63) is 27.8 Å². The van der Waals surface area contributed by atoms with Crippen molar-refractivity contribution >= 4 is 21.0 Å². The number of hydrogen-bond donors (Lipinski definition) is 0. The molecule has 0 fully saturated rings. The van der Waals surface area contributed by atoms with Crippen molar-refractivity contribution in [2.75, 3.05) is 0 Å². The maximum Gasteiger partial charge on any atom is 0.308 e. The van der Waals surface area contributed by atoms with Crippen molar-refractivity contribution in [3.8, 4) is 5.75 Å². The summed E-state index contributed by atoms with van der Waals surface area (Å²) in [5.74, 6) is 0.643. The first-order valence-electron chi connectivity index (χ1n) is 4.69. The SMILES string of the molecule is Cc1c(C)c(C)c(OS(=O)Cl)c(C)c1C. The zero-order chi connectivity index (χ0) is 11.7. The van der Waals surface area contributed by atoms with E-state index in [1.165, 1.54) is 5.56 Å². The number of hydrogen-bond acceptors (Lipinski definition) is 2. The smallest absolute Gasteiger partial charge is 0.308 e. The van der Waals surface area contributed by atoms with E-state index in [1.807, 2.05) is 27.7 Å². The monoisotopic (exact) mass is 246 g/mol. The summed E-state index contributed by atoms with van der Waals surface area (Å²) in [5, 5.41) is 0. The van der Waals surface area contributed by atoms with Crippen LogP contribution in [0.5, 0.6) is 5.75 Å². The highest BCUT2D eigenvalue weighted by molar-refractivity contribution is 8.04. The van der Waals surface area contributed by atoms with E-state index in [9.17, 15) is 4.21 Å². The molecule has 1 aromatic carbocycles. The summed E-state index contributed by atoms with van der Waals surface area (Å²) in [4.78, 5) is 0. The van der Waals surface area contributed by atoms with E-state index in [-0.39, 0.29) is 0 Å². The first kappa shape index (κ1) is 12.5. The fourth-order valence-electron chi connectivity index (χ4n) is 1.66. The Morgan fingerprint density at radius 2 is 1.20 bits per heavy atom. The third-order valence-electron chi connectivity index (χ3n) is 3.08. The fourth-order valence-corrected chi connectivity index (χ4v) is 2.23. The van der Waals surface area contributed by atoms with Crippen LogP contribution in [0.15, 0.2) is 0 Å². The minimum Gasteiger partial charge on any atom is -0.388 e. The molecule has 0 aromatic heterocycles. The van der Waals surface area contributed by atoms with Crippen LogP contribution in [0.4, 0.5) is 0 Å². The molecule has 0 saturated heterocycles. The highest BCUT2D eigenvalue weighted by Gasteiger charge is 2.14. The molecule has 1 unspecified atom stereocenters. The van der Waals surface area contributed by atoms with Gasteiger partial charge in [-0.2, -0.15) is 4.21 Å². The molecule has 0 radical (unpaired) electrons.